The third-order valence-electron chi connectivity index (χ3n) is 2.21. The van der Waals surface area contributed by atoms with Crippen molar-refractivity contribution >= 4 is 12.2 Å². The first-order valence-corrected chi connectivity index (χ1v) is 4.97. The van der Waals surface area contributed by atoms with Crippen LogP contribution in [0.4, 0.5) is 0 Å². The molecule has 1 fully saturated rings. The lowest BCUT2D eigenvalue weighted by Crippen LogP contribution is -2.25. The van der Waals surface area contributed by atoms with Crippen LogP contribution in [0, 0.1) is 0 Å². The molecule has 1 aliphatic heterocycles. The smallest absolute Gasteiger partial charge is 0.214 e. The molecule has 2 rings (SSSR count). The zero-order chi connectivity index (χ0) is 10.5. The van der Waals surface area contributed by atoms with Gasteiger partial charge in [-0.3, -0.25) is 4.99 Å². The van der Waals surface area contributed by atoms with Gasteiger partial charge in [0.25, 0.3) is 0 Å². The SMILES string of the molecule is CN=C1NCCN1/N=C/c1ccccc1. The van der Waals surface area contributed by atoms with E-state index in [1.54, 1.807) is 7.05 Å². The highest BCUT2D eigenvalue weighted by Gasteiger charge is 2.14. The van der Waals surface area contributed by atoms with Gasteiger partial charge in [0.15, 0.2) is 0 Å². The normalized spacial score (nSPS) is 18.7. The van der Waals surface area contributed by atoms with Crippen LogP contribution in [0.3, 0.4) is 0 Å². The second-order valence-corrected chi connectivity index (χ2v) is 3.25. The maximum Gasteiger partial charge on any atom is 0.214 e. The Kier molecular flexibility index (Phi) is 2.97. The van der Waals surface area contributed by atoms with Crippen molar-refractivity contribution in [3.8, 4) is 0 Å². The van der Waals surface area contributed by atoms with Crippen molar-refractivity contribution < 1.29 is 0 Å². The lowest BCUT2D eigenvalue weighted by molar-refractivity contribution is 0.497. The summed E-state index contributed by atoms with van der Waals surface area (Å²) < 4.78 is 0. The molecule has 1 saturated heterocycles. The highest BCUT2D eigenvalue weighted by atomic mass is 15.5. The summed E-state index contributed by atoms with van der Waals surface area (Å²) in [5.41, 5.74) is 1.10. The molecule has 0 atom stereocenters. The Morgan fingerprint density at radius 3 is 2.87 bits per heavy atom. The molecule has 4 nitrogen and oxygen atoms in total. The topological polar surface area (TPSA) is 40.0 Å². The molecule has 1 N–H and O–H groups in total. The number of rotatable bonds is 2. The van der Waals surface area contributed by atoms with Gasteiger partial charge in [-0.05, 0) is 5.56 Å². The van der Waals surface area contributed by atoms with Crippen LogP contribution in [-0.2, 0) is 0 Å². The predicted octanol–water partition coefficient (Wildman–Crippen LogP) is 0.911. The van der Waals surface area contributed by atoms with Gasteiger partial charge < -0.3 is 5.32 Å². The first kappa shape index (κ1) is 9.71. The van der Waals surface area contributed by atoms with Crippen LogP contribution in [0.25, 0.3) is 0 Å². The molecule has 1 heterocycles. The second kappa shape index (κ2) is 4.59. The quantitative estimate of drug-likeness (QED) is 0.724. The maximum absolute atomic E-state index is 4.36. The number of hydrogen-bond acceptors (Lipinski definition) is 2. The molecule has 0 aromatic heterocycles. The molecule has 0 radical (unpaired) electrons. The van der Waals surface area contributed by atoms with E-state index in [1.165, 1.54) is 0 Å². The molecule has 1 aromatic rings. The van der Waals surface area contributed by atoms with Crippen molar-refractivity contribution in [3.05, 3.63) is 35.9 Å². The number of aliphatic imine (C=N–C) groups is 1. The number of hydrazone groups is 1. The van der Waals surface area contributed by atoms with Crippen molar-refractivity contribution in [2.75, 3.05) is 20.1 Å². The van der Waals surface area contributed by atoms with E-state index in [4.69, 9.17) is 0 Å². The summed E-state index contributed by atoms with van der Waals surface area (Å²) in [6, 6.07) is 10.0. The van der Waals surface area contributed by atoms with Crippen LogP contribution in [0.2, 0.25) is 0 Å². The minimum Gasteiger partial charge on any atom is -0.353 e. The van der Waals surface area contributed by atoms with Crippen LogP contribution in [0.5, 0.6) is 0 Å². The Bertz CT molecular complexity index is 369. The van der Waals surface area contributed by atoms with Gasteiger partial charge in [-0.2, -0.15) is 5.10 Å². The Morgan fingerprint density at radius 1 is 1.33 bits per heavy atom. The minimum absolute atomic E-state index is 0.835. The second-order valence-electron chi connectivity index (χ2n) is 3.25. The van der Waals surface area contributed by atoms with E-state index < -0.39 is 0 Å². The fourth-order valence-corrected chi connectivity index (χ4v) is 1.45. The van der Waals surface area contributed by atoms with Crippen LogP contribution in [-0.4, -0.2) is 37.3 Å². The Balaban J connectivity index is 2.06. The summed E-state index contributed by atoms with van der Waals surface area (Å²) in [5.74, 6) is 0.835. The zero-order valence-corrected chi connectivity index (χ0v) is 8.72. The Labute approximate surface area is 89.3 Å². The molecular weight excluding hydrogens is 188 g/mol. The highest BCUT2D eigenvalue weighted by Crippen LogP contribution is 1.99. The van der Waals surface area contributed by atoms with Gasteiger partial charge in [-0.25, -0.2) is 5.01 Å². The van der Waals surface area contributed by atoms with Gasteiger partial charge >= 0.3 is 0 Å². The van der Waals surface area contributed by atoms with Gasteiger partial charge in [0, 0.05) is 13.6 Å². The van der Waals surface area contributed by atoms with E-state index in [0.717, 1.165) is 24.6 Å². The van der Waals surface area contributed by atoms with Crippen molar-refractivity contribution in [1.29, 1.82) is 0 Å². The summed E-state index contributed by atoms with van der Waals surface area (Å²) in [4.78, 5) is 4.10. The number of hydrogen-bond donors (Lipinski definition) is 1. The summed E-state index contributed by atoms with van der Waals surface area (Å²) in [7, 11) is 1.76. The number of guanidine groups is 1. The molecule has 1 aromatic carbocycles. The predicted molar refractivity (Wildman–Crippen MR) is 62.1 cm³/mol. The number of nitrogens with one attached hydrogen (secondary N) is 1. The van der Waals surface area contributed by atoms with Gasteiger partial charge in [0.1, 0.15) is 0 Å². The molecule has 0 unspecified atom stereocenters. The van der Waals surface area contributed by atoms with E-state index in [0.29, 0.717) is 0 Å². The first-order chi connectivity index (χ1) is 7.40. The lowest BCUT2D eigenvalue weighted by atomic mass is 10.2. The van der Waals surface area contributed by atoms with E-state index >= 15 is 0 Å². The molecule has 0 saturated carbocycles. The van der Waals surface area contributed by atoms with Crippen molar-refractivity contribution in [3.63, 3.8) is 0 Å². The lowest BCUT2D eigenvalue weighted by Gasteiger charge is -2.09. The van der Waals surface area contributed by atoms with Crippen molar-refractivity contribution in [2.24, 2.45) is 10.1 Å². The summed E-state index contributed by atoms with van der Waals surface area (Å²) in [6.45, 7) is 1.77. The summed E-state index contributed by atoms with van der Waals surface area (Å²) >= 11 is 0. The fraction of sp³-hybridized carbons (Fsp3) is 0.273. The average Bonchev–Trinajstić information content (AvgIpc) is 2.75. The van der Waals surface area contributed by atoms with E-state index in [9.17, 15) is 0 Å². The standard InChI is InChI=1S/C11H14N4/c1-12-11-13-7-8-15(11)14-9-10-5-3-2-4-6-10/h2-6,9H,7-8H2,1H3,(H,12,13)/b14-9+. The third kappa shape index (κ3) is 2.34. The van der Waals surface area contributed by atoms with E-state index in [-0.39, 0.29) is 0 Å². The maximum atomic E-state index is 4.36. The first-order valence-electron chi connectivity index (χ1n) is 4.97. The van der Waals surface area contributed by atoms with Crippen molar-refractivity contribution in [1.82, 2.24) is 10.3 Å². The Hall–Kier alpha value is -1.84. The number of benzene rings is 1. The monoisotopic (exact) mass is 202 g/mol. The van der Waals surface area contributed by atoms with Gasteiger partial charge in [-0.15, -0.1) is 0 Å². The minimum atomic E-state index is 0.835. The summed E-state index contributed by atoms with van der Waals surface area (Å²) in [5, 5.41) is 9.38. The van der Waals surface area contributed by atoms with E-state index in [1.807, 2.05) is 41.6 Å². The molecule has 0 spiro atoms. The van der Waals surface area contributed by atoms with Crippen LogP contribution in [0.1, 0.15) is 5.56 Å². The molecule has 1 aliphatic rings. The zero-order valence-electron chi connectivity index (χ0n) is 8.72. The van der Waals surface area contributed by atoms with Gasteiger partial charge in [0.05, 0.1) is 12.8 Å². The van der Waals surface area contributed by atoms with Crippen LogP contribution in [0.15, 0.2) is 40.4 Å². The molecular formula is C11H14N4. The largest absolute Gasteiger partial charge is 0.353 e. The molecule has 0 bridgehead atoms. The fourth-order valence-electron chi connectivity index (χ4n) is 1.45. The van der Waals surface area contributed by atoms with Crippen molar-refractivity contribution in [2.45, 2.75) is 0 Å². The molecule has 15 heavy (non-hydrogen) atoms. The van der Waals surface area contributed by atoms with Gasteiger partial charge in [-0.1, -0.05) is 30.3 Å². The third-order valence-corrected chi connectivity index (χ3v) is 2.21. The number of nitrogens with zero attached hydrogens (tertiary/aromatic N) is 3. The van der Waals surface area contributed by atoms with Crippen LogP contribution >= 0.6 is 0 Å². The molecule has 78 valence electrons. The molecule has 4 heteroatoms. The Morgan fingerprint density at radius 2 is 2.13 bits per heavy atom. The molecule has 0 amide bonds. The molecule has 0 aliphatic carbocycles. The van der Waals surface area contributed by atoms with Gasteiger partial charge in [0.2, 0.25) is 5.96 Å². The highest BCUT2D eigenvalue weighted by molar-refractivity contribution is 5.84. The van der Waals surface area contributed by atoms with Crippen LogP contribution < -0.4 is 5.32 Å². The average molecular weight is 202 g/mol. The summed E-state index contributed by atoms with van der Waals surface area (Å²) in [6.07, 6.45) is 1.85. The van der Waals surface area contributed by atoms with E-state index in [2.05, 4.69) is 15.4 Å².